The molecule has 458 valence electrons. The smallest absolute Gasteiger partial charge is 0.242 e. The van der Waals surface area contributed by atoms with E-state index in [1.807, 2.05) is 18.2 Å². The Labute approximate surface area is 489 Å². The maximum absolute atomic E-state index is 14.1. The molecule has 1 saturated heterocycles. The van der Waals surface area contributed by atoms with Crippen molar-refractivity contribution in [3.63, 3.8) is 0 Å². The lowest BCUT2D eigenvalue weighted by atomic mass is 9.71. The van der Waals surface area contributed by atoms with E-state index >= 15 is 0 Å². The van der Waals surface area contributed by atoms with Crippen LogP contribution in [0.2, 0.25) is 0 Å². The number of phenolic OH excluding ortho intramolecular Hbond substituents is 3. The molecular formula is C58H70N6O20S. The second kappa shape index (κ2) is 29.9. The van der Waals surface area contributed by atoms with Gasteiger partial charge in [-0.2, -0.15) is 10.2 Å². The van der Waals surface area contributed by atoms with Crippen molar-refractivity contribution in [2.24, 2.45) is 21.1 Å². The standard InChI is InChI=1S/C58H70N6O20S/c1-34-53(68)41(59)30-47(83-34)84-44-32-58(73,31-40-49(44)57(72)51-50(55(40)70)54(69)39-9-6-10-43(76-2)48(39)56(51)71)45(33-65)62-63-46(67)15-17-77-19-21-79-23-25-81-27-28-82-26-24-80-22-20-78-18-16-60-85(74,75)37-12-13-38-35(29-37)11-14-42(66)52(38)64-61-36-7-4-3-5-8-36/h3-14,29,34,41,44,47,53,60,65-66,68,70,72-73H,15-28,30-33,59H2,1-2H3,(H,63,67)/b62-45+,64-61?/t34?,41-,44+,47+,53+,58-/m1/s1. The average molecular weight is 1200 g/mol. The van der Waals surface area contributed by atoms with Gasteiger partial charge in [0.1, 0.15) is 34.3 Å². The van der Waals surface area contributed by atoms with Crippen LogP contribution in [0.5, 0.6) is 23.0 Å². The van der Waals surface area contributed by atoms with Gasteiger partial charge in [-0.3, -0.25) is 14.4 Å². The highest BCUT2D eigenvalue weighted by atomic mass is 32.2. The number of ether oxygens (including phenoxy) is 9. The molecule has 6 atom stereocenters. The number of sulfonamides is 1. The summed E-state index contributed by atoms with van der Waals surface area (Å²) in [4.78, 5) is 41.0. The van der Waals surface area contributed by atoms with E-state index in [1.165, 1.54) is 43.5 Å². The molecule has 8 rings (SSSR count). The Morgan fingerprint density at radius 2 is 1.41 bits per heavy atom. The van der Waals surface area contributed by atoms with E-state index < -0.39 is 106 Å². The van der Waals surface area contributed by atoms with Gasteiger partial charge in [-0.05, 0) is 48.7 Å². The summed E-state index contributed by atoms with van der Waals surface area (Å²) in [5.74, 6) is -3.68. The van der Waals surface area contributed by atoms with Gasteiger partial charge in [-0.1, -0.05) is 42.5 Å². The van der Waals surface area contributed by atoms with Gasteiger partial charge in [-0.25, -0.2) is 18.6 Å². The van der Waals surface area contributed by atoms with Gasteiger partial charge in [0.15, 0.2) is 12.1 Å². The third-order valence-electron chi connectivity index (χ3n) is 14.3. The lowest BCUT2D eigenvalue weighted by Crippen LogP contribution is -2.53. The van der Waals surface area contributed by atoms with Gasteiger partial charge in [0.05, 0.1) is 151 Å². The van der Waals surface area contributed by atoms with Gasteiger partial charge in [0.2, 0.25) is 21.7 Å². The number of nitrogens with one attached hydrogen (secondary N) is 2. The van der Waals surface area contributed by atoms with E-state index in [0.717, 1.165) is 0 Å². The van der Waals surface area contributed by atoms with Crippen LogP contribution < -0.4 is 20.6 Å². The number of ketones is 2. The fourth-order valence-corrected chi connectivity index (χ4v) is 11.0. The first-order valence-electron chi connectivity index (χ1n) is 27.5. The molecule has 1 aliphatic heterocycles. The van der Waals surface area contributed by atoms with E-state index in [2.05, 4.69) is 25.5 Å². The molecule has 5 aromatic carbocycles. The lowest BCUT2D eigenvalue weighted by molar-refractivity contribution is -0.245. The number of rotatable bonds is 31. The Kier molecular flexibility index (Phi) is 22.6. The second-order valence-corrected chi connectivity index (χ2v) is 21.8. The van der Waals surface area contributed by atoms with Crippen LogP contribution in [0.25, 0.3) is 10.8 Å². The average Bonchev–Trinajstić information content (AvgIpc) is 0.812. The van der Waals surface area contributed by atoms with Crippen molar-refractivity contribution < 1.29 is 96.1 Å². The number of amides is 1. The Morgan fingerprint density at radius 1 is 0.776 bits per heavy atom. The van der Waals surface area contributed by atoms with Crippen molar-refractivity contribution in [2.75, 3.05) is 99.5 Å². The Hall–Kier alpha value is -6.93. The van der Waals surface area contributed by atoms with Crippen molar-refractivity contribution in [1.29, 1.82) is 0 Å². The Bertz CT molecular complexity index is 3320. The first-order valence-corrected chi connectivity index (χ1v) is 28.9. The van der Waals surface area contributed by atoms with E-state index in [-0.39, 0.29) is 116 Å². The molecule has 3 aliphatic rings. The van der Waals surface area contributed by atoms with Crippen LogP contribution in [0.3, 0.4) is 0 Å². The maximum atomic E-state index is 14.1. The van der Waals surface area contributed by atoms with Gasteiger partial charge in [0, 0.05) is 53.9 Å². The summed E-state index contributed by atoms with van der Waals surface area (Å²) in [5, 5.41) is 80.9. The van der Waals surface area contributed by atoms with Crippen molar-refractivity contribution in [3.05, 3.63) is 112 Å². The minimum absolute atomic E-state index is 0.0342. The van der Waals surface area contributed by atoms with Gasteiger partial charge in [-0.15, -0.1) is 5.11 Å². The SMILES string of the molecule is COc1cccc2c1C(=O)c1c(O)c3c(c(O)c1C2=O)C[C@](O)(/C(CO)=N/NC(=O)CCOCCOCCOCCOCCOCCOCCNS(=O)(=O)c1ccc2c(N=Nc4ccccc4)c(O)ccc2c1)C[C@@H]3O[C@H]1C[C@@H](N)[C@@H](O)C(C)O1. The molecule has 2 aliphatic carbocycles. The molecule has 0 radical (unpaired) electrons. The number of benzene rings is 5. The first kappa shape index (κ1) is 64.1. The van der Waals surface area contributed by atoms with Gasteiger partial charge in [0.25, 0.3) is 0 Å². The summed E-state index contributed by atoms with van der Waals surface area (Å²) < 4.78 is 79.1. The number of hydrazone groups is 1. The fraction of sp³-hybridized carbons (Fsp3) is 0.448. The summed E-state index contributed by atoms with van der Waals surface area (Å²) in [6, 6.07) is 20.1. The zero-order valence-electron chi connectivity index (χ0n) is 46.8. The molecule has 0 spiro atoms. The van der Waals surface area contributed by atoms with Crippen LogP contribution in [0.4, 0.5) is 11.4 Å². The molecule has 0 aromatic heterocycles. The van der Waals surface area contributed by atoms with Crippen molar-refractivity contribution in [1.82, 2.24) is 10.1 Å². The normalized spacial score (nSPS) is 20.6. The number of aliphatic hydroxyl groups is 3. The number of phenols is 3. The van der Waals surface area contributed by atoms with Crippen molar-refractivity contribution in [3.8, 4) is 23.0 Å². The number of hydrogen-bond donors (Lipinski definition) is 9. The van der Waals surface area contributed by atoms with E-state index in [0.29, 0.717) is 49.5 Å². The third-order valence-corrected chi connectivity index (χ3v) is 15.7. The van der Waals surface area contributed by atoms with Crippen molar-refractivity contribution >= 4 is 55.4 Å². The minimum atomic E-state index is -3.85. The summed E-state index contributed by atoms with van der Waals surface area (Å²) >= 11 is 0. The monoisotopic (exact) mass is 1200 g/mol. The number of nitrogens with two attached hydrogens (primary N) is 1. The summed E-state index contributed by atoms with van der Waals surface area (Å²) in [6.07, 6.45) is -5.60. The number of aliphatic hydroxyl groups excluding tert-OH is 2. The lowest BCUT2D eigenvalue weighted by Gasteiger charge is -2.43. The second-order valence-electron chi connectivity index (χ2n) is 20.0. The molecule has 1 unspecified atom stereocenters. The molecule has 10 N–H and O–H groups in total. The van der Waals surface area contributed by atoms with Crippen LogP contribution >= 0.6 is 0 Å². The summed E-state index contributed by atoms with van der Waals surface area (Å²) in [5.41, 5.74) is 5.20. The number of carbonyl (C=O) groups is 3. The van der Waals surface area contributed by atoms with E-state index in [4.69, 9.17) is 48.4 Å². The number of aromatic hydroxyl groups is 3. The number of nitrogens with zero attached hydrogens (tertiary/aromatic N) is 3. The van der Waals surface area contributed by atoms with Crippen LogP contribution in [0.1, 0.15) is 75.3 Å². The highest BCUT2D eigenvalue weighted by Crippen LogP contribution is 2.53. The largest absolute Gasteiger partial charge is 0.507 e. The zero-order valence-corrected chi connectivity index (χ0v) is 47.7. The molecule has 5 aromatic rings. The predicted octanol–water partition coefficient (Wildman–Crippen LogP) is 3.65. The zero-order chi connectivity index (χ0) is 60.7. The van der Waals surface area contributed by atoms with Crippen LogP contribution in [-0.2, 0) is 59.1 Å². The molecule has 0 saturated carbocycles. The third kappa shape index (κ3) is 15.7. The highest BCUT2D eigenvalue weighted by Gasteiger charge is 2.50. The van der Waals surface area contributed by atoms with E-state index in [9.17, 15) is 53.4 Å². The van der Waals surface area contributed by atoms with E-state index in [1.54, 1.807) is 31.2 Å². The topological polar surface area (TPSA) is 377 Å². The number of fused-ring (bicyclic) bond motifs is 4. The quantitative estimate of drug-likeness (QED) is 0.00986. The van der Waals surface area contributed by atoms with Crippen LogP contribution in [0, 0.1) is 0 Å². The van der Waals surface area contributed by atoms with Crippen molar-refractivity contribution in [2.45, 2.75) is 73.7 Å². The number of carbonyl (C=O) groups excluding carboxylic acids is 3. The van der Waals surface area contributed by atoms with Crippen LogP contribution in [-0.4, -0.2) is 192 Å². The summed E-state index contributed by atoms with van der Waals surface area (Å²) in [7, 11) is -2.54. The maximum Gasteiger partial charge on any atom is 0.242 e. The minimum Gasteiger partial charge on any atom is -0.507 e. The molecule has 1 heterocycles. The Morgan fingerprint density at radius 3 is 2.05 bits per heavy atom. The molecule has 27 heteroatoms. The molecule has 26 nitrogen and oxygen atoms in total. The predicted molar refractivity (Wildman–Crippen MR) is 303 cm³/mol. The number of hydrogen-bond acceptors (Lipinski definition) is 24. The Balaban J connectivity index is 0.683. The highest BCUT2D eigenvalue weighted by molar-refractivity contribution is 7.89. The first-order chi connectivity index (χ1) is 41.0. The summed E-state index contributed by atoms with van der Waals surface area (Å²) in [6.45, 7) is 3.51. The molecule has 0 bridgehead atoms. The number of azo groups is 1. The number of methoxy groups -OCH3 is 1. The molecule has 85 heavy (non-hydrogen) atoms. The van der Waals surface area contributed by atoms with Crippen LogP contribution in [0.15, 0.2) is 99.1 Å². The molecular weight excluding hydrogens is 1130 g/mol. The fourth-order valence-electron chi connectivity index (χ4n) is 9.94. The van der Waals surface area contributed by atoms with Gasteiger partial charge >= 0.3 is 0 Å². The molecule has 1 amide bonds. The molecule has 1 fully saturated rings. The van der Waals surface area contributed by atoms with Gasteiger partial charge < -0.3 is 79.0 Å².